The fourth-order valence-corrected chi connectivity index (χ4v) is 1.99. The predicted octanol–water partition coefficient (Wildman–Crippen LogP) is 0.802. The van der Waals surface area contributed by atoms with Crippen LogP contribution in [0.25, 0.3) is 11.0 Å². The zero-order valence-electron chi connectivity index (χ0n) is 9.60. The number of hydrogen-bond acceptors (Lipinski definition) is 2. The Bertz CT molecular complexity index is 566. The molecule has 0 spiro atoms. The van der Waals surface area contributed by atoms with E-state index in [0.717, 1.165) is 29.4 Å². The van der Waals surface area contributed by atoms with Gasteiger partial charge >= 0.3 is 5.69 Å². The van der Waals surface area contributed by atoms with Crippen LogP contribution >= 0.6 is 0 Å². The molecule has 0 fully saturated rings. The summed E-state index contributed by atoms with van der Waals surface area (Å²) in [7, 11) is 3.55. The van der Waals surface area contributed by atoms with Gasteiger partial charge in [0.1, 0.15) is 0 Å². The lowest BCUT2D eigenvalue weighted by Gasteiger charge is -2.01. The number of imidazole rings is 1. The van der Waals surface area contributed by atoms with Crippen LogP contribution in [0.1, 0.15) is 12.0 Å². The first-order chi connectivity index (χ1) is 7.65. The Morgan fingerprint density at radius 1 is 1.19 bits per heavy atom. The number of aliphatic hydroxyl groups excluding tert-OH is 1. The highest BCUT2D eigenvalue weighted by Gasteiger charge is 2.07. The van der Waals surface area contributed by atoms with E-state index in [1.54, 1.807) is 23.2 Å². The molecule has 0 amide bonds. The van der Waals surface area contributed by atoms with Crippen LogP contribution in [-0.2, 0) is 20.5 Å². The van der Waals surface area contributed by atoms with Crippen LogP contribution in [0.3, 0.4) is 0 Å². The summed E-state index contributed by atoms with van der Waals surface area (Å²) in [4.78, 5) is 11.7. The molecule has 1 aromatic heterocycles. The van der Waals surface area contributed by atoms with Crippen molar-refractivity contribution >= 4 is 11.0 Å². The van der Waals surface area contributed by atoms with Crippen molar-refractivity contribution in [2.75, 3.05) is 6.61 Å². The maximum Gasteiger partial charge on any atom is 0.328 e. The van der Waals surface area contributed by atoms with E-state index in [-0.39, 0.29) is 12.3 Å². The highest BCUT2D eigenvalue weighted by atomic mass is 16.2. The largest absolute Gasteiger partial charge is 0.396 e. The maximum atomic E-state index is 11.7. The summed E-state index contributed by atoms with van der Waals surface area (Å²) in [5.41, 5.74) is 3.04. The SMILES string of the molecule is Cn1c(=O)n(C)c2cc(CCCO)ccc21. The van der Waals surface area contributed by atoms with Gasteiger partial charge < -0.3 is 5.11 Å². The Hall–Kier alpha value is -1.55. The third kappa shape index (κ3) is 1.65. The van der Waals surface area contributed by atoms with E-state index < -0.39 is 0 Å². The van der Waals surface area contributed by atoms with E-state index in [9.17, 15) is 4.79 Å². The van der Waals surface area contributed by atoms with Crippen LogP contribution in [0.5, 0.6) is 0 Å². The van der Waals surface area contributed by atoms with Gasteiger partial charge in [0.05, 0.1) is 11.0 Å². The van der Waals surface area contributed by atoms with Crippen molar-refractivity contribution in [1.82, 2.24) is 9.13 Å². The minimum absolute atomic E-state index is 0.00527. The highest BCUT2D eigenvalue weighted by Crippen LogP contribution is 2.14. The molecule has 0 unspecified atom stereocenters. The molecule has 0 aliphatic heterocycles. The van der Waals surface area contributed by atoms with E-state index in [1.807, 2.05) is 18.2 Å². The quantitative estimate of drug-likeness (QED) is 0.831. The first-order valence-corrected chi connectivity index (χ1v) is 5.40. The smallest absolute Gasteiger partial charge is 0.328 e. The Balaban J connectivity index is 2.54. The van der Waals surface area contributed by atoms with Gasteiger partial charge in [0.15, 0.2) is 0 Å². The third-order valence-corrected chi connectivity index (χ3v) is 2.96. The molecule has 0 atom stereocenters. The average molecular weight is 220 g/mol. The van der Waals surface area contributed by atoms with Gasteiger partial charge in [0.25, 0.3) is 0 Å². The zero-order valence-corrected chi connectivity index (χ0v) is 9.60. The molecule has 1 heterocycles. The molecule has 0 bridgehead atoms. The number of aromatic nitrogens is 2. The van der Waals surface area contributed by atoms with Crippen LogP contribution < -0.4 is 5.69 Å². The van der Waals surface area contributed by atoms with Gasteiger partial charge in [-0.1, -0.05) is 6.07 Å². The normalized spacial score (nSPS) is 11.2. The summed E-state index contributed by atoms with van der Waals surface area (Å²) in [6.45, 7) is 0.200. The fraction of sp³-hybridized carbons (Fsp3) is 0.417. The molecule has 4 heteroatoms. The number of nitrogens with zero attached hydrogens (tertiary/aromatic N) is 2. The van der Waals surface area contributed by atoms with E-state index in [4.69, 9.17) is 5.11 Å². The number of benzene rings is 1. The topological polar surface area (TPSA) is 47.2 Å². The molecule has 2 aromatic rings. The summed E-state index contributed by atoms with van der Waals surface area (Å²) in [5, 5.41) is 8.78. The van der Waals surface area contributed by atoms with E-state index in [2.05, 4.69) is 0 Å². The standard InChI is InChI=1S/C12H16N2O2/c1-13-10-6-5-9(4-3-7-15)8-11(10)14(2)12(13)16/h5-6,8,15H,3-4,7H2,1-2H3. The van der Waals surface area contributed by atoms with Crippen molar-refractivity contribution in [1.29, 1.82) is 0 Å². The van der Waals surface area contributed by atoms with Gasteiger partial charge in [-0.15, -0.1) is 0 Å². The van der Waals surface area contributed by atoms with E-state index in [1.165, 1.54) is 0 Å². The fourth-order valence-electron chi connectivity index (χ4n) is 1.99. The van der Waals surface area contributed by atoms with Gasteiger partial charge in [0, 0.05) is 20.7 Å². The molecule has 1 N–H and O–H groups in total. The molecular weight excluding hydrogens is 204 g/mol. The second-order valence-electron chi connectivity index (χ2n) is 4.05. The second-order valence-corrected chi connectivity index (χ2v) is 4.05. The molecule has 2 rings (SSSR count). The minimum atomic E-state index is -0.00527. The molecule has 86 valence electrons. The van der Waals surface area contributed by atoms with Crippen LogP contribution in [0.4, 0.5) is 0 Å². The summed E-state index contributed by atoms with van der Waals surface area (Å²) < 4.78 is 3.29. The van der Waals surface area contributed by atoms with Crippen LogP contribution in [0.15, 0.2) is 23.0 Å². The number of fused-ring (bicyclic) bond motifs is 1. The Morgan fingerprint density at radius 3 is 2.56 bits per heavy atom. The molecule has 0 saturated carbocycles. The average Bonchev–Trinajstić information content (AvgIpc) is 2.52. The van der Waals surface area contributed by atoms with Crippen LogP contribution in [0.2, 0.25) is 0 Å². The third-order valence-electron chi connectivity index (χ3n) is 2.96. The molecule has 16 heavy (non-hydrogen) atoms. The first-order valence-electron chi connectivity index (χ1n) is 5.40. The van der Waals surface area contributed by atoms with Gasteiger partial charge in [0.2, 0.25) is 0 Å². The predicted molar refractivity (Wildman–Crippen MR) is 63.6 cm³/mol. The summed E-state index contributed by atoms with van der Waals surface area (Å²) in [6.07, 6.45) is 1.60. The van der Waals surface area contributed by atoms with E-state index in [0.29, 0.717) is 0 Å². The molecule has 0 radical (unpaired) electrons. The minimum Gasteiger partial charge on any atom is -0.396 e. The van der Waals surface area contributed by atoms with Gasteiger partial charge in [-0.2, -0.15) is 0 Å². The van der Waals surface area contributed by atoms with Crippen molar-refractivity contribution < 1.29 is 5.11 Å². The van der Waals surface area contributed by atoms with E-state index >= 15 is 0 Å². The highest BCUT2D eigenvalue weighted by molar-refractivity contribution is 5.76. The van der Waals surface area contributed by atoms with Gasteiger partial charge in [-0.25, -0.2) is 4.79 Å². The van der Waals surface area contributed by atoms with Crippen molar-refractivity contribution in [3.8, 4) is 0 Å². The molecule has 0 aliphatic carbocycles. The van der Waals surface area contributed by atoms with Crippen LogP contribution in [-0.4, -0.2) is 20.8 Å². The zero-order chi connectivity index (χ0) is 11.7. The molecule has 0 aliphatic rings. The molecule has 4 nitrogen and oxygen atoms in total. The number of rotatable bonds is 3. The first kappa shape index (κ1) is 11.0. The monoisotopic (exact) mass is 220 g/mol. The van der Waals surface area contributed by atoms with Crippen molar-refractivity contribution in [3.63, 3.8) is 0 Å². The Kier molecular flexibility index (Phi) is 2.83. The second kappa shape index (κ2) is 4.14. The Labute approximate surface area is 93.7 Å². The van der Waals surface area contributed by atoms with Crippen molar-refractivity contribution in [3.05, 3.63) is 34.2 Å². The summed E-state index contributed by atoms with van der Waals surface area (Å²) >= 11 is 0. The molecule has 0 saturated heterocycles. The number of aliphatic hydroxyl groups is 1. The lowest BCUT2D eigenvalue weighted by Crippen LogP contribution is -2.19. The number of hydrogen-bond donors (Lipinski definition) is 1. The van der Waals surface area contributed by atoms with Crippen LogP contribution in [0, 0.1) is 0 Å². The summed E-state index contributed by atoms with van der Waals surface area (Å²) in [6, 6.07) is 5.99. The molecular formula is C12H16N2O2. The van der Waals surface area contributed by atoms with Crippen molar-refractivity contribution in [2.45, 2.75) is 12.8 Å². The van der Waals surface area contributed by atoms with Gasteiger partial charge in [-0.05, 0) is 30.5 Å². The lowest BCUT2D eigenvalue weighted by atomic mass is 10.1. The lowest BCUT2D eigenvalue weighted by molar-refractivity contribution is 0.288. The Morgan fingerprint density at radius 2 is 1.88 bits per heavy atom. The van der Waals surface area contributed by atoms with Crippen molar-refractivity contribution in [2.24, 2.45) is 14.1 Å². The molecule has 1 aromatic carbocycles. The summed E-state index contributed by atoms with van der Waals surface area (Å²) in [5.74, 6) is 0. The maximum absolute atomic E-state index is 11.7. The van der Waals surface area contributed by atoms with Gasteiger partial charge in [-0.3, -0.25) is 9.13 Å². The number of aryl methyl sites for hydroxylation is 3.